The van der Waals surface area contributed by atoms with E-state index >= 15 is 0 Å². The molecule has 1 atom stereocenters. The zero-order valence-electron chi connectivity index (χ0n) is 12.7. The molecular formula is C14H26N2O4. The van der Waals surface area contributed by atoms with Gasteiger partial charge in [-0.1, -0.05) is 20.8 Å². The van der Waals surface area contributed by atoms with E-state index in [1.165, 1.54) is 0 Å². The van der Waals surface area contributed by atoms with E-state index in [0.717, 1.165) is 12.8 Å². The minimum Gasteiger partial charge on any atom is -0.481 e. The number of rotatable bonds is 6. The Morgan fingerprint density at radius 2 is 1.95 bits per heavy atom. The summed E-state index contributed by atoms with van der Waals surface area (Å²) in [6.45, 7) is 6.12. The van der Waals surface area contributed by atoms with Crippen molar-refractivity contribution in [2.45, 2.75) is 52.2 Å². The molecule has 1 saturated carbocycles. The smallest absolute Gasteiger partial charge is 0.315 e. The highest BCUT2D eigenvalue weighted by Gasteiger charge is 2.30. The van der Waals surface area contributed by atoms with Crippen LogP contribution in [0.5, 0.6) is 0 Å². The molecule has 6 nitrogen and oxygen atoms in total. The maximum atomic E-state index is 11.7. The molecule has 0 aromatic heterocycles. The molecule has 116 valence electrons. The average molecular weight is 286 g/mol. The van der Waals surface area contributed by atoms with Crippen LogP contribution in [0.2, 0.25) is 0 Å². The second-order valence-electron chi connectivity index (χ2n) is 6.68. The Morgan fingerprint density at radius 3 is 2.40 bits per heavy atom. The van der Waals surface area contributed by atoms with E-state index in [1.807, 2.05) is 20.8 Å². The van der Waals surface area contributed by atoms with Crippen molar-refractivity contribution in [2.24, 2.45) is 11.3 Å². The second kappa shape index (κ2) is 6.92. The van der Waals surface area contributed by atoms with Crippen LogP contribution < -0.4 is 10.6 Å². The number of aliphatic carboxylic acids is 1. The topological polar surface area (TPSA) is 87.7 Å². The van der Waals surface area contributed by atoms with E-state index in [0.29, 0.717) is 6.42 Å². The van der Waals surface area contributed by atoms with Crippen molar-refractivity contribution in [3.63, 3.8) is 0 Å². The number of carbonyl (C=O) groups excluding carboxylic acids is 1. The molecule has 0 radical (unpaired) electrons. The van der Waals surface area contributed by atoms with E-state index in [9.17, 15) is 9.59 Å². The van der Waals surface area contributed by atoms with Gasteiger partial charge in [-0.2, -0.15) is 0 Å². The number of urea groups is 1. The van der Waals surface area contributed by atoms with E-state index in [1.54, 1.807) is 7.11 Å². The number of hydrogen-bond acceptors (Lipinski definition) is 3. The van der Waals surface area contributed by atoms with Crippen LogP contribution in [0.25, 0.3) is 0 Å². The third kappa shape index (κ3) is 5.77. The molecule has 0 spiro atoms. The molecule has 20 heavy (non-hydrogen) atoms. The molecule has 3 N–H and O–H groups in total. The molecule has 1 rings (SSSR count). The van der Waals surface area contributed by atoms with Crippen LogP contribution in [0, 0.1) is 11.3 Å². The minimum absolute atomic E-state index is 0.0825. The van der Waals surface area contributed by atoms with Gasteiger partial charge < -0.3 is 20.5 Å². The van der Waals surface area contributed by atoms with Crippen LogP contribution in [0.4, 0.5) is 4.79 Å². The molecule has 0 heterocycles. The largest absolute Gasteiger partial charge is 0.481 e. The highest BCUT2D eigenvalue weighted by atomic mass is 16.5. The van der Waals surface area contributed by atoms with Gasteiger partial charge in [0.25, 0.3) is 0 Å². The van der Waals surface area contributed by atoms with Crippen molar-refractivity contribution in [3.05, 3.63) is 0 Å². The Hall–Kier alpha value is -1.30. The van der Waals surface area contributed by atoms with Gasteiger partial charge in [-0.3, -0.25) is 4.79 Å². The number of hydrogen-bond donors (Lipinski definition) is 3. The molecule has 2 amide bonds. The second-order valence-corrected chi connectivity index (χ2v) is 6.68. The van der Waals surface area contributed by atoms with Crippen LogP contribution in [0.1, 0.15) is 40.0 Å². The summed E-state index contributed by atoms with van der Waals surface area (Å²) >= 11 is 0. The summed E-state index contributed by atoms with van der Waals surface area (Å²) < 4.78 is 5.13. The first-order valence-corrected chi connectivity index (χ1v) is 7.01. The van der Waals surface area contributed by atoms with Gasteiger partial charge in [0.15, 0.2) is 0 Å². The quantitative estimate of drug-likeness (QED) is 0.692. The van der Waals surface area contributed by atoms with E-state index in [4.69, 9.17) is 9.84 Å². The summed E-state index contributed by atoms with van der Waals surface area (Å²) in [5.74, 6) is -1.43. The van der Waals surface area contributed by atoms with Gasteiger partial charge in [0.1, 0.15) is 0 Å². The number of carbonyl (C=O) groups is 2. The van der Waals surface area contributed by atoms with Gasteiger partial charge in [0.05, 0.1) is 12.0 Å². The SMILES string of the molecule is COC1CC(NC(=O)NCC(CC(C)(C)C)C(=O)O)C1. The van der Waals surface area contributed by atoms with E-state index in [2.05, 4.69) is 10.6 Å². The maximum absolute atomic E-state index is 11.7. The lowest BCUT2D eigenvalue weighted by atomic mass is 9.84. The highest BCUT2D eigenvalue weighted by molar-refractivity contribution is 5.76. The molecule has 1 fully saturated rings. The highest BCUT2D eigenvalue weighted by Crippen LogP contribution is 2.24. The first-order chi connectivity index (χ1) is 9.21. The third-order valence-electron chi connectivity index (χ3n) is 3.48. The van der Waals surface area contributed by atoms with Crippen LogP contribution in [0.15, 0.2) is 0 Å². The summed E-state index contributed by atoms with van der Waals surface area (Å²) in [4.78, 5) is 22.9. The van der Waals surface area contributed by atoms with Crippen LogP contribution >= 0.6 is 0 Å². The van der Waals surface area contributed by atoms with Gasteiger partial charge in [-0.25, -0.2) is 4.79 Å². The number of methoxy groups -OCH3 is 1. The summed E-state index contributed by atoms with van der Waals surface area (Å²) in [5, 5.41) is 14.6. The Balaban J connectivity index is 2.29. The standard InChI is InChI=1S/C14H26N2O4/c1-14(2,3)7-9(12(17)18)8-15-13(19)16-10-5-11(6-10)20-4/h9-11H,5-8H2,1-4H3,(H,17,18)(H2,15,16,19). The van der Waals surface area contributed by atoms with Crippen molar-refractivity contribution >= 4 is 12.0 Å². The summed E-state index contributed by atoms with van der Waals surface area (Å²) in [6.07, 6.45) is 2.38. The predicted molar refractivity (Wildman–Crippen MR) is 75.6 cm³/mol. The lowest BCUT2D eigenvalue weighted by Crippen LogP contribution is -2.51. The molecule has 0 saturated heterocycles. The Bertz CT molecular complexity index is 346. The molecule has 1 aliphatic rings. The molecule has 1 aliphatic carbocycles. The number of carboxylic acids is 1. The zero-order chi connectivity index (χ0) is 15.3. The Kier molecular flexibility index (Phi) is 5.80. The maximum Gasteiger partial charge on any atom is 0.315 e. The fraction of sp³-hybridized carbons (Fsp3) is 0.857. The molecule has 0 aliphatic heterocycles. The molecular weight excluding hydrogens is 260 g/mol. The number of nitrogens with one attached hydrogen (secondary N) is 2. The normalized spacial score (nSPS) is 23.6. The Morgan fingerprint density at radius 1 is 1.35 bits per heavy atom. The molecule has 1 unspecified atom stereocenters. The number of amides is 2. The summed E-state index contributed by atoms with van der Waals surface area (Å²) in [5.41, 5.74) is -0.0825. The zero-order valence-corrected chi connectivity index (χ0v) is 12.7. The number of carboxylic acid groups (broad SMARTS) is 1. The van der Waals surface area contributed by atoms with Crippen molar-refractivity contribution in [3.8, 4) is 0 Å². The molecule has 0 aromatic rings. The van der Waals surface area contributed by atoms with Crippen molar-refractivity contribution in [1.29, 1.82) is 0 Å². The van der Waals surface area contributed by atoms with Crippen LogP contribution in [-0.4, -0.2) is 42.9 Å². The lowest BCUT2D eigenvalue weighted by molar-refractivity contribution is -0.142. The fourth-order valence-electron chi connectivity index (χ4n) is 2.31. The minimum atomic E-state index is -0.872. The summed E-state index contributed by atoms with van der Waals surface area (Å²) in [7, 11) is 1.66. The lowest BCUT2D eigenvalue weighted by Gasteiger charge is -2.34. The van der Waals surface area contributed by atoms with E-state index < -0.39 is 11.9 Å². The molecule has 6 heteroatoms. The third-order valence-corrected chi connectivity index (χ3v) is 3.48. The first-order valence-electron chi connectivity index (χ1n) is 7.01. The number of ether oxygens (including phenoxy) is 1. The molecule has 0 bridgehead atoms. The van der Waals surface area contributed by atoms with E-state index in [-0.39, 0.29) is 30.1 Å². The Labute approximate surface area is 120 Å². The first kappa shape index (κ1) is 16.8. The van der Waals surface area contributed by atoms with Crippen LogP contribution in [0.3, 0.4) is 0 Å². The van der Waals surface area contributed by atoms with Gasteiger partial charge in [0.2, 0.25) is 0 Å². The fourth-order valence-corrected chi connectivity index (χ4v) is 2.31. The van der Waals surface area contributed by atoms with Gasteiger partial charge in [-0.05, 0) is 24.7 Å². The van der Waals surface area contributed by atoms with Crippen LogP contribution in [-0.2, 0) is 9.53 Å². The molecule has 0 aromatic carbocycles. The van der Waals surface area contributed by atoms with Crippen molar-refractivity contribution in [1.82, 2.24) is 10.6 Å². The predicted octanol–water partition coefficient (Wildman–Crippen LogP) is 1.60. The summed E-state index contributed by atoms with van der Waals surface area (Å²) in [6, 6.07) is -0.171. The van der Waals surface area contributed by atoms with Crippen molar-refractivity contribution in [2.75, 3.05) is 13.7 Å². The van der Waals surface area contributed by atoms with Gasteiger partial charge >= 0.3 is 12.0 Å². The monoisotopic (exact) mass is 286 g/mol. The van der Waals surface area contributed by atoms with Gasteiger partial charge in [-0.15, -0.1) is 0 Å². The van der Waals surface area contributed by atoms with Gasteiger partial charge in [0, 0.05) is 19.7 Å². The average Bonchev–Trinajstić information content (AvgIpc) is 2.26. The van der Waals surface area contributed by atoms with Crippen molar-refractivity contribution < 1.29 is 19.4 Å².